The Morgan fingerprint density at radius 2 is 1.96 bits per heavy atom. The third-order valence-electron chi connectivity index (χ3n) is 5.52. The number of carbonyl (C=O) groups is 1. The van der Waals surface area contributed by atoms with Crippen LogP contribution in [0.2, 0.25) is 0 Å². The van der Waals surface area contributed by atoms with E-state index in [1.807, 2.05) is 13.1 Å². The molecule has 1 aromatic heterocycles. The van der Waals surface area contributed by atoms with Crippen molar-refractivity contribution in [3.8, 4) is 0 Å². The third kappa shape index (κ3) is 4.80. The number of rotatable bonds is 8. The highest BCUT2D eigenvalue weighted by atomic mass is 16.2. The van der Waals surface area contributed by atoms with Gasteiger partial charge in [0, 0.05) is 56.9 Å². The Bertz CT molecular complexity index is 677. The zero-order valence-electron chi connectivity index (χ0n) is 17.0. The minimum absolute atomic E-state index is 0.0891. The maximum atomic E-state index is 12.1. The monoisotopic (exact) mass is 371 g/mol. The van der Waals surface area contributed by atoms with E-state index in [-0.39, 0.29) is 11.8 Å². The molecule has 6 heteroatoms. The molecule has 0 aromatic carbocycles. The quantitative estimate of drug-likeness (QED) is 0.761. The van der Waals surface area contributed by atoms with Gasteiger partial charge in [0.05, 0.1) is 0 Å². The molecule has 1 N–H and O–H groups in total. The summed E-state index contributed by atoms with van der Waals surface area (Å²) in [5.74, 6) is 1.78. The van der Waals surface area contributed by atoms with Crippen LogP contribution in [0.1, 0.15) is 38.7 Å². The number of carbonyl (C=O) groups excluding carboxylic acids is 1. The first-order valence-electron chi connectivity index (χ1n) is 10.2. The predicted molar refractivity (Wildman–Crippen MR) is 112 cm³/mol. The van der Waals surface area contributed by atoms with Gasteiger partial charge < -0.3 is 15.1 Å². The Labute approximate surface area is 163 Å². The minimum atomic E-state index is 0.0891. The molecule has 3 rings (SSSR count). The van der Waals surface area contributed by atoms with Crippen molar-refractivity contribution < 1.29 is 4.79 Å². The van der Waals surface area contributed by atoms with Crippen molar-refractivity contribution in [1.29, 1.82) is 0 Å². The van der Waals surface area contributed by atoms with Crippen LogP contribution < -0.4 is 10.2 Å². The first-order chi connectivity index (χ1) is 13.0. The summed E-state index contributed by atoms with van der Waals surface area (Å²) >= 11 is 0. The van der Waals surface area contributed by atoms with E-state index in [0.717, 1.165) is 62.6 Å². The number of hydrogen-bond acceptors (Lipinski definition) is 5. The van der Waals surface area contributed by atoms with Crippen LogP contribution in [0, 0.1) is 5.92 Å². The fourth-order valence-corrected chi connectivity index (χ4v) is 3.49. The highest BCUT2D eigenvalue weighted by Crippen LogP contribution is 2.32. The van der Waals surface area contributed by atoms with E-state index in [4.69, 9.17) is 4.98 Å². The molecule has 1 amide bonds. The molecule has 27 heavy (non-hydrogen) atoms. The van der Waals surface area contributed by atoms with E-state index in [0.29, 0.717) is 5.82 Å². The normalized spacial score (nSPS) is 17.7. The topological polar surface area (TPSA) is 51.7 Å². The molecule has 1 saturated carbocycles. The summed E-state index contributed by atoms with van der Waals surface area (Å²) in [5.41, 5.74) is 2.07. The van der Waals surface area contributed by atoms with Gasteiger partial charge in [0.25, 0.3) is 0 Å². The Morgan fingerprint density at radius 1 is 1.26 bits per heavy atom. The number of amides is 1. The number of piperazine rings is 1. The zero-order chi connectivity index (χ0) is 19.4. The maximum Gasteiger partial charge on any atom is 0.228 e. The molecule has 148 valence electrons. The van der Waals surface area contributed by atoms with Gasteiger partial charge in [-0.05, 0) is 44.9 Å². The summed E-state index contributed by atoms with van der Waals surface area (Å²) in [7, 11) is 2.03. The van der Waals surface area contributed by atoms with Gasteiger partial charge in [-0.1, -0.05) is 13.5 Å². The van der Waals surface area contributed by atoms with Crippen molar-refractivity contribution >= 4 is 23.2 Å². The largest absolute Gasteiger partial charge is 0.369 e. The van der Waals surface area contributed by atoms with Crippen LogP contribution in [0.3, 0.4) is 0 Å². The predicted octanol–water partition coefficient (Wildman–Crippen LogP) is 2.88. The van der Waals surface area contributed by atoms with E-state index in [2.05, 4.69) is 46.5 Å². The second kappa shape index (κ2) is 8.74. The molecule has 2 heterocycles. The van der Waals surface area contributed by atoms with Crippen molar-refractivity contribution in [2.75, 3.05) is 56.5 Å². The van der Waals surface area contributed by atoms with Crippen molar-refractivity contribution in [2.45, 2.75) is 33.1 Å². The van der Waals surface area contributed by atoms with Crippen molar-refractivity contribution in [3.63, 3.8) is 0 Å². The standard InChI is InChI=1S/C21H33N5O/c1-5-11-25-12-14-26(15-13-25)16(3)18-9-10-19(22-20(18)24(4)6-2)23-21(27)17-7-8-17/h9-10,17H,3,5-8,11-15H2,1-2,4H3,(H,22,23,27). The Balaban J connectivity index is 1.74. The summed E-state index contributed by atoms with van der Waals surface area (Å²) in [6, 6.07) is 3.96. The number of hydrogen-bond donors (Lipinski definition) is 1. The lowest BCUT2D eigenvalue weighted by atomic mass is 10.1. The lowest BCUT2D eigenvalue weighted by molar-refractivity contribution is -0.117. The third-order valence-corrected chi connectivity index (χ3v) is 5.52. The van der Waals surface area contributed by atoms with Gasteiger partial charge in [0.2, 0.25) is 5.91 Å². The van der Waals surface area contributed by atoms with Crippen molar-refractivity contribution in [2.24, 2.45) is 5.92 Å². The molecule has 1 aliphatic carbocycles. The van der Waals surface area contributed by atoms with Crippen LogP contribution in [0.5, 0.6) is 0 Å². The highest BCUT2D eigenvalue weighted by Gasteiger charge is 2.30. The van der Waals surface area contributed by atoms with E-state index in [1.165, 1.54) is 13.0 Å². The fraction of sp³-hybridized carbons (Fsp3) is 0.619. The summed E-state index contributed by atoms with van der Waals surface area (Å²) < 4.78 is 0. The van der Waals surface area contributed by atoms with Gasteiger partial charge in [-0.15, -0.1) is 0 Å². The number of pyridine rings is 1. The van der Waals surface area contributed by atoms with Crippen LogP contribution in [-0.2, 0) is 4.79 Å². The number of aromatic nitrogens is 1. The lowest BCUT2D eigenvalue weighted by Gasteiger charge is -2.37. The van der Waals surface area contributed by atoms with Gasteiger partial charge in [-0.3, -0.25) is 9.69 Å². The van der Waals surface area contributed by atoms with Gasteiger partial charge in [0.15, 0.2) is 0 Å². The molecular formula is C21H33N5O. The van der Waals surface area contributed by atoms with E-state index in [1.54, 1.807) is 0 Å². The summed E-state index contributed by atoms with van der Waals surface area (Å²) in [6.07, 6.45) is 3.18. The number of nitrogens with one attached hydrogen (secondary N) is 1. The molecule has 1 aliphatic heterocycles. The summed E-state index contributed by atoms with van der Waals surface area (Å²) in [6.45, 7) is 14.9. The molecule has 0 unspecified atom stereocenters. The van der Waals surface area contributed by atoms with Crippen LogP contribution in [0.4, 0.5) is 11.6 Å². The fourth-order valence-electron chi connectivity index (χ4n) is 3.49. The molecular weight excluding hydrogens is 338 g/mol. The molecule has 0 bridgehead atoms. The SMILES string of the molecule is C=C(c1ccc(NC(=O)C2CC2)nc1N(C)CC)N1CCN(CCC)CC1. The van der Waals surface area contributed by atoms with Crippen LogP contribution >= 0.6 is 0 Å². The highest BCUT2D eigenvalue weighted by molar-refractivity contribution is 5.93. The number of nitrogens with zero attached hydrogens (tertiary/aromatic N) is 4. The van der Waals surface area contributed by atoms with E-state index < -0.39 is 0 Å². The Hall–Kier alpha value is -2.08. The number of anilines is 2. The molecule has 2 fully saturated rings. The second-order valence-corrected chi connectivity index (χ2v) is 7.62. The molecule has 6 nitrogen and oxygen atoms in total. The maximum absolute atomic E-state index is 12.1. The Kier molecular flexibility index (Phi) is 6.37. The van der Waals surface area contributed by atoms with Crippen LogP contribution in [0.15, 0.2) is 18.7 Å². The van der Waals surface area contributed by atoms with Gasteiger partial charge in [-0.2, -0.15) is 0 Å². The van der Waals surface area contributed by atoms with Gasteiger partial charge in [0.1, 0.15) is 11.6 Å². The van der Waals surface area contributed by atoms with Gasteiger partial charge in [-0.25, -0.2) is 4.98 Å². The summed E-state index contributed by atoms with van der Waals surface area (Å²) in [5, 5.41) is 2.96. The first-order valence-corrected chi connectivity index (χ1v) is 10.2. The van der Waals surface area contributed by atoms with E-state index in [9.17, 15) is 4.79 Å². The molecule has 0 radical (unpaired) electrons. The van der Waals surface area contributed by atoms with Crippen LogP contribution in [-0.4, -0.2) is 67.0 Å². The minimum Gasteiger partial charge on any atom is -0.369 e. The molecule has 1 saturated heterocycles. The Morgan fingerprint density at radius 3 is 2.56 bits per heavy atom. The molecule has 0 atom stereocenters. The summed E-state index contributed by atoms with van der Waals surface area (Å²) in [4.78, 5) is 23.8. The second-order valence-electron chi connectivity index (χ2n) is 7.62. The van der Waals surface area contributed by atoms with E-state index >= 15 is 0 Å². The molecule has 1 aromatic rings. The average molecular weight is 372 g/mol. The van der Waals surface area contributed by atoms with Crippen molar-refractivity contribution in [3.05, 3.63) is 24.3 Å². The lowest BCUT2D eigenvalue weighted by Crippen LogP contribution is -2.45. The zero-order valence-corrected chi connectivity index (χ0v) is 17.0. The van der Waals surface area contributed by atoms with Crippen LogP contribution in [0.25, 0.3) is 5.70 Å². The van der Waals surface area contributed by atoms with Crippen molar-refractivity contribution in [1.82, 2.24) is 14.8 Å². The first kappa shape index (κ1) is 19.7. The molecule has 2 aliphatic rings. The van der Waals surface area contributed by atoms with Gasteiger partial charge >= 0.3 is 0 Å². The molecule has 0 spiro atoms. The smallest absolute Gasteiger partial charge is 0.228 e. The average Bonchev–Trinajstić information content (AvgIpc) is 3.53.